The fraction of sp³-hybridized carbons (Fsp3) is 0.381. The molecule has 2 rings (SSSR count). The Morgan fingerprint density at radius 3 is 2.32 bits per heavy atom. The maximum absolute atomic E-state index is 5.56. The molecule has 0 atom stereocenters. The molecular weight excluding hydrogens is 469 g/mol. The van der Waals surface area contributed by atoms with Gasteiger partial charge in [0.05, 0.1) is 20.8 Å². The fourth-order valence-corrected chi connectivity index (χ4v) is 2.55. The van der Waals surface area contributed by atoms with E-state index >= 15 is 0 Å². The number of hydrogen-bond donors (Lipinski definition) is 2. The normalized spacial score (nSPS) is 10.6. The number of guanidine groups is 1. The second-order valence-corrected chi connectivity index (χ2v) is 5.78. The van der Waals surface area contributed by atoms with E-state index in [1.807, 2.05) is 44.2 Å². The van der Waals surface area contributed by atoms with Crippen molar-refractivity contribution in [3.8, 4) is 17.2 Å². The van der Waals surface area contributed by atoms with E-state index in [1.54, 1.807) is 14.2 Å². The average molecular weight is 499 g/mol. The first-order valence-electron chi connectivity index (χ1n) is 9.19. The lowest BCUT2D eigenvalue weighted by Crippen LogP contribution is -2.30. The summed E-state index contributed by atoms with van der Waals surface area (Å²) in [6.45, 7) is 6.04. The molecule has 0 aromatic heterocycles. The molecule has 0 fully saturated rings. The van der Waals surface area contributed by atoms with Gasteiger partial charge in [0.25, 0.3) is 0 Å². The molecule has 0 unspecified atom stereocenters. The van der Waals surface area contributed by atoms with Crippen LogP contribution in [-0.4, -0.2) is 39.9 Å². The molecule has 0 amide bonds. The van der Waals surface area contributed by atoms with E-state index in [0.717, 1.165) is 36.1 Å². The van der Waals surface area contributed by atoms with Crippen molar-refractivity contribution in [3.63, 3.8) is 0 Å². The van der Waals surface area contributed by atoms with Crippen molar-refractivity contribution < 1.29 is 14.2 Å². The van der Waals surface area contributed by atoms with E-state index in [0.29, 0.717) is 18.9 Å². The van der Waals surface area contributed by atoms with Crippen molar-refractivity contribution in [1.82, 2.24) is 5.32 Å². The third-order valence-corrected chi connectivity index (χ3v) is 3.90. The van der Waals surface area contributed by atoms with Crippen molar-refractivity contribution in [2.24, 2.45) is 4.99 Å². The Morgan fingerprint density at radius 2 is 1.71 bits per heavy atom. The van der Waals surface area contributed by atoms with Crippen LogP contribution in [0.3, 0.4) is 0 Å². The Kier molecular flexibility index (Phi) is 11.2. The highest BCUT2D eigenvalue weighted by atomic mass is 127. The molecule has 0 saturated heterocycles. The Bertz CT molecular complexity index is 736. The maximum atomic E-state index is 5.56. The summed E-state index contributed by atoms with van der Waals surface area (Å²) in [6, 6.07) is 13.8. The first-order chi connectivity index (χ1) is 13.2. The van der Waals surface area contributed by atoms with Crippen molar-refractivity contribution >= 4 is 35.6 Å². The zero-order valence-electron chi connectivity index (χ0n) is 17.0. The second-order valence-electron chi connectivity index (χ2n) is 5.78. The van der Waals surface area contributed by atoms with Gasteiger partial charge in [0.2, 0.25) is 0 Å². The molecular formula is C21H30IN3O3. The van der Waals surface area contributed by atoms with Gasteiger partial charge >= 0.3 is 0 Å². The van der Waals surface area contributed by atoms with E-state index in [1.165, 1.54) is 5.56 Å². The predicted octanol–water partition coefficient (Wildman–Crippen LogP) is 4.34. The number of hydrogen-bond acceptors (Lipinski definition) is 4. The first-order valence-corrected chi connectivity index (χ1v) is 9.19. The number of rotatable bonds is 9. The molecule has 0 aliphatic carbocycles. The largest absolute Gasteiger partial charge is 0.497 e. The Balaban J connectivity index is 0.00000392. The summed E-state index contributed by atoms with van der Waals surface area (Å²) in [4.78, 5) is 4.65. The van der Waals surface area contributed by atoms with Gasteiger partial charge < -0.3 is 24.8 Å². The quantitative estimate of drug-likeness (QED) is 0.306. The molecule has 7 heteroatoms. The summed E-state index contributed by atoms with van der Waals surface area (Å²) in [5.41, 5.74) is 2.11. The number of benzene rings is 2. The van der Waals surface area contributed by atoms with Gasteiger partial charge in [-0.2, -0.15) is 0 Å². The molecule has 28 heavy (non-hydrogen) atoms. The summed E-state index contributed by atoms with van der Waals surface area (Å²) in [6.07, 6.45) is 0.854. The summed E-state index contributed by atoms with van der Waals surface area (Å²) in [5.74, 6) is 3.02. The number of nitrogens with one attached hydrogen (secondary N) is 2. The second kappa shape index (κ2) is 13.1. The van der Waals surface area contributed by atoms with Gasteiger partial charge in [-0.1, -0.05) is 12.1 Å². The lowest BCUT2D eigenvalue weighted by Gasteiger charge is -2.14. The third kappa shape index (κ3) is 7.46. The minimum absolute atomic E-state index is 0. The molecule has 0 bridgehead atoms. The average Bonchev–Trinajstić information content (AvgIpc) is 2.70. The summed E-state index contributed by atoms with van der Waals surface area (Å²) >= 11 is 0. The van der Waals surface area contributed by atoms with Gasteiger partial charge in [-0.05, 0) is 50.1 Å². The minimum Gasteiger partial charge on any atom is -0.497 e. The van der Waals surface area contributed by atoms with Crippen LogP contribution >= 0.6 is 24.0 Å². The van der Waals surface area contributed by atoms with Crippen LogP contribution in [0.2, 0.25) is 0 Å². The molecule has 2 N–H and O–H groups in total. The molecule has 0 aliphatic heterocycles. The molecule has 2 aromatic carbocycles. The zero-order valence-corrected chi connectivity index (χ0v) is 19.3. The van der Waals surface area contributed by atoms with Crippen LogP contribution in [0.25, 0.3) is 0 Å². The highest BCUT2D eigenvalue weighted by Crippen LogP contribution is 2.30. The number of halogens is 1. The lowest BCUT2D eigenvalue weighted by molar-refractivity contribution is 0.311. The van der Waals surface area contributed by atoms with Crippen LogP contribution in [0.1, 0.15) is 19.4 Å². The van der Waals surface area contributed by atoms with Crippen LogP contribution in [-0.2, 0) is 6.42 Å². The summed E-state index contributed by atoms with van der Waals surface area (Å²) in [5, 5.41) is 6.57. The highest BCUT2D eigenvalue weighted by molar-refractivity contribution is 14.0. The van der Waals surface area contributed by atoms with Gasteiger partial charge in [-0.15, -0.1) is 24.0 Å². The van der Waals surface area contributed by atoms with Gasteiger partial charge in [0.1, 0.15) is 5.75 Å². The van der Waals surface area contributed by atoms with Crippen LogP contribution in [0.5, 0.6) is 17.2 Å². The Hall–Kier alpha value is -2.16. The van der Waals surface area contributed by atoms with E-state index in [2.05, 4.69) is 27.8 Å². The molecule has 2 aromatic rings. The molecule has 0 heterocycles. The number of nitrogens with zero attached hydrogens (tertiary/aromatic N) is 1. The standard InChI is InChI=1S/C21H29N3O3.HI/c1-5-22-21(23-14-13-16-7-10-18(25-3)11-8-16)24-17-9-12-19(27-6-2)20(15-17)26-4;/h7-12,15H,5-6,13-14H2,1-4H3,(H2,22,23,24);1H. The van der Waals surface area contributed by atoms with Gasteiger partial charge in [-0.3, -0.25) is 4.99 Å². The van der Waals surface area contributed by atoms with Gasteiger partial charge in [-0.25, -0.2) is 0 Å². The van der Waals surface area contributed by atoms with Crippen molar-refractivity contribution in [2.45, 2.75) is 20.3 Å². The number of methoxy groups -OCH3 is 2. The van der Waals surface area contributed by atoms with Crippen molar-refractivity contribution in [3.05, 3.63) is 48.0 Å². The fourth-order valence-electron chi connectivity index (χ4n) is 2.55. The zero-order chi connectivity index (χ0) is 19.5. The van der Waals surface area contributed by atoms with Gasteiger partial charge in [0.15, 0.2) is 17.5 Å². The topological polar surface area (TPSA) is 64.1 Å². The molecule has 0 saturated carbocycles. The smallest absolute Gasteiger partial charge is 0.195 e. The van der Waals surface area contributed by atoms with E-state index in [-0.39, 0.29) is 24.0 Å². The number of aliphatic imine (C=N–C) groups is 1. The lowest BCUT2D eigenvalue weighted by atomic mass is 10.1. The SMILES string of the molecule is CCNC(=NCCc1ccc(OC)cc1)Nc1ccc(OCC)c(OC)c1.I. The monoisotopic (exact) mass is 499 g/mol. The molecule has 154 valence electrons. The van der Waals surface area contributed by atoms with Crippen LogP contribution in [0.4, 0.5) is 5.69 Å². The van der Waals surface area contributed by atoms with Gasteiger partial charge in [0, 0.05) is 24.8 Å². The first kappa shape index (κ1) is 23.9. The minimum atomic E-state index is 0. The van der Waals surface area contributed by atoms with Crippen LogP contribution < -0.4 is 24.8 Å². The van der Waals surface area contributed by atoms with Crippen molar-refractivity contribution in [1.29, 1.82) is 0 Å². The maximum Gasteiger partial charge on any atom is 0.195 e. The molecule has 0 spiro atoms. The third-order valence-electron chi connectivity index (χ3n) is 3.90. The molecule has 0 aliphatic rings. The van der Waals surface area contributed by atoms with Crippen LogP contribution in [0, 0.1) is 0 Å². The van der Waals surface area contributed by atoms with E-state index < -0.39 is 0 Å². The van der Waals surface area contributed by atoms with E-state index in [4.69, 9.17) is 14.2 Å². The molecule has 0 radical (unpaired) electrons. The van der Waals surface area contributed by atoms with Crippen molar-refractivity contribution in [2.75, 3.05) is 39.2 Å². The summed E-state index contributed by atoms with van der Waals surface area (Å²) in [7, 11) is 3.30. The highest BCUT2D eigenvalue weighted by Gasteiger charge is 2.07. The molecule has 6 nitrogen and oxygen atoms in total. The Morgan fingerprint density at radius 1 is 0.964 bits per heavy atom. The number of ether oxygens (including phenoxy) is 3. The van der Waals surface area contributed by atoms with Crippen LogP contribution in [0.15, 0.2) is 47.5 Å². The number of anilines is 1. The Labute approximate surface area is 184 Å². The van der Waals surface area contributed by atoms with E-state index in [9.17, 15) is 0 Å². The summed E-state index contributed by atoms with van der Waals surface area (Å²) < 4.78 is 16.1. The predicted molar refractivity (Wildman–Crippen MR) is 126 cm³/mol.